The molecule has 1 unspecified atom stereocenters. The van der Waals surface area contributed by atoms with Crippen LogP contribution in [0.2, 0.25) is 0 Å². The van der Waals surface area contributed by atoms with Crippen LogP contribution in [0.5, 0.6) is 5.75 Å². The van der Waals surface area contributed by atoms with Crippen LogP contribution in [-0.2, 0) is 16.3 Å². The van der Waals surface area contributed by atoms with Gasteiger partial charge in [-0.15, -0.1) is 0 Å². The molecule has 4 nitrogen and oxygen atoms in total. The molecule has 0 saturated carbocycles. The summed E-state index contributed by atoms with van der Waals surface area (Å²) in [7, 11) is -2.88. The van der Waals surface area contributed by atoms with Gasteiger partial charge >= 0.3 is 0 Å². The zero-order valence-electron chi connectivity index (χ0n) is 9.85. The Bertz CT molecular complexity index is 459. The maximum Gasteiger partial charge on any atom is 0.148 e. The summed E-state index contributed by atoms with van der Waals surface area (Å²) in [4.78, 5) is 0. The van der Waals surface area contributed by atoms with E-state index < -0.39 is 9.84 Å². The third kappa shape index (κ3) is 3.71. The second-order valence-electron chi connectivity index (χ2n) is 4.39. The predicted molar refractivity (Wildman–Crippen MR) is 67.1 cm³/mol. The average molecular weight is 255 g/mol. The summed E-state index contributed by atoms with van der Waals surface area (Å²) in [5, 5.41) is 3.11. The Morgan fingerprint density at radius 3 is 2.88 bits per heavy atom. The second-order valence-corrected chi connectivity index (χ2v) is 6.65. The molecule has 1 aliphatic rings. The van der Waals surface area contributed by atoms with E-state index in [1.807, 2.05) is 18.2 Å². The van der Waals surface area contributed by atoms with E-state index >= 15 is 0 Å². The van der Waals surface area contributed by atoms with Gasteiger partial charge in [-0.05, 0) is 11.6 Å². The highest BCUT2D eigenvalue weighted by Crippen LogP contribution is 2.27. The summed E-state index contributed by atoms with van der Waals surface area (Å²) in [6.45, 7) is 1.17. The summed E-state index contributed by atoms with van der Waals surface area (Å²) < 4.78 is 27.6. The molecule has 1 aromatic carbocycles. The average Bonchev–Trinajstić information content (AvgIpc) is 2.65. The lowest BCUT2D eigenvalue weighted by molar-refractivity contribution is 0.229. The minimum absolute atomic E-state index is 0.118. The molecule has 0 fully saturated rings. The highest BCUT2D eigenvalue weighted by molar-refractivity contribution is 7.90. The van der Waals surface area contributed by atoms with Crippen LogP contribution in [0.1, 0.15) is 5.56 Å². The van der Waals surface area contributed by atoms with Gasteiger partial charge in [0.1, 0.15) is 21.7 Å². The monoisotopic (exact) mass is 255 g/mol. The molecule has 1 aromatic rings. The second kappa shape index (κ2) is 5.06. The van der Waals surface area contributed by atoms with E-state index in [1.54, 1.807) is 0 Å². The third-order valence-electron chi connectivity index (χ3n) is 2.74. The number of fused-ring (bicyclic) bond motifs is 1. The normalized spacial score (nSPS) is 18.8. The van der Waals surface area contributed by atoms with Crippen LogP contribution in [0.25, 0.3) is 0 Å². The third-order valence-corrected chi connectivity index (χ3v) is 3.68. The largest absolute Gasteiger partial charge is 0.488 e. The van der Waals surface area contributed by atoms with Gasteiger partial charge in [0.2, 0.25) is 0 Å². The molecule has 94 valence electrons. The molecular formula is C12H17NO3S. The Labute approximate surface area is 102 Å². The highest BCUT2D eigenvalue weighted by atomic mass is 32.2. The van der Waals surface area contributed by atoms with E-state index in [-0.39, 0.29) is 11.9 Å². The first-order chi connectivity index (χ1) is 8.04. The van der Waals surface area contributed by atoms with E-state index in [2.05, 4.69) is 11.4 Å². The van der Waals surface area contributed by atoms with Crippen LogP contribution < -0.4 is 10.1 Å². The van der Waals surface area contributed by atoms with Crippen molar-refractivity contribution in [2.24, 2.45) is 0 Å². The summed E-state index contributed by atoms with van der Waals surface area (Å²) in [5.74, 6) is 1.12. The Kier molecular flexibility index (Phi) is 3.69. The number of hydrogen-bond acceptors (Lipinski definition) is 4. The number of sulfone groups is 1. The van der Waals surface area contributed by atoms with Gasteiger partial charge in [0.25, 0.3) is 0 Å². The minimum atomic E-state index is -2.88. The molecule has 17 heavy (non-hydrogen) atoms. The van der Waals surface area contributed by atoms with Gasteiger partial charge < -0.3 is 10.1 Å². The molecule has 1 atom stereocenters. The molecule has 2 rings (SSSR count). The van der Waals surface area contributed by atoms with E-state index in [4.69, 9.17) is 4.74 Å². The van der Waals surface area contributed by atoms with Crippen molar-refractivity contribution in [3.8, 4) is 5.75 Å². The number of nitrogens with one attached hydrogen (secondary N) is 1. The predicted octanol–water partition coefficient (Wildman–Crippen LogP) is 0.624. The quantitative estimate of drug-likeness (QED) is 0.784. The zero-order chi connectivity index (χ0) is 12.3. The number of rotatable bonds is 5. The summed E-state index contributed by atoms with van der Waals surface area (Å²) in [5.41, 5.74) is 1.22. The fourth-order valence-corrected chi connectivity index (χ4v) is 2.40. The van der Waals surface area contributed by atoms with E-state index in [1.165, 1.54) is 11.8 Å². The van der Waals surface area contributed by atoms with Gasteiger partial charge in [0.05, 0.1) is 5.75 Å². The van der Waals surface area contributed by atoms with E-state index in [0.29, 0.717) is 13.1 Å². The molecule has 0 aliphatic carbocycles. The van der Waals surface area contributed by atoms with E-state index in [9.17, 15) is 8.42 Å². The van der Waals surface area contributed by atoms with Gasteiger partial charge in [0, 0.05) is 25.8 Å². The van der Waals surface area contributed by atoms with Crippen molar-refractivity contribution in [2.45, 2.75) is 12.5 Å². The van der Waals surface area contributed by atoms with Crippen molar-refractivity contribution in [2.75, 3.05) is 25.1 Å². The first-order valence-corrected chi connectivity index (χ1v) is 7.74. The van der Waals surface area contributed by atoms with Crippen LogP contribution in [0.4, 0.5) is 0 Å². The summed E-state index contributed by atoms with van der Waals surface area (Å²) in [6.07, 6.45) is 2.26. The van der Waals surface area contributed by atoms with Gasteiger partial charge in [-0.2, -0.15) is 0 Å². The van der Waals surface area contributed by atoms with Crippen molar-refractivity contribution in [3.63, 3.8) is 0 Å². The highest BCUT2D eigenvalue weighted by Gasteiger charge is 2.21. The molecule has 1 aliphatic heterocycles. The molecule has 0 bridgehead atoms. The number of benzene rings is 1. The van der Waals surface area contributed by atoms with Crippen LogP contribution in [0, 0.1) is 0 Å². The molecule has 0 aromatic heterocycles. The Morgan fingerprint density at radius 1 is 1.41 bits per heavy atom. The van der Waals surface area contributed by atoms with Crippen molar-refractivity contribution in [3.05, 3.63) is 29.8 Å². The fraction of sp³-hybridized carbons (Fsp3) is 0.500. The van der Waals surface area contributed by atoms with E-state index in [0.717, 1.165) is 12.2 Å². The molecule has 1 heterocycles. The Hall–Kier alpha value is -1.07. The fourth-order valence-electron chi connectivity index (χ4n) is 1.89. The number of para-hydroxylation sites is 1. The van der Waals surface area contributed by atoms with Crippen LogP contribution >= 0.6 is 0 Å². The number of ether oxygens (including phenoxy) is 1. The molecule has 1 N–H and O–H groups in total. The van der Waals surface area contributed by atoms with Crippen molar-refractivity contribution in [1.82, 2.24) is 5.32 Å². The first kappa shape index (κ1) is 12.4. The zero-order valence-corrected chi connectivity index (χ0v) is 10.7. The van der Waals surface area contributed by atoms with Crippen LogP contribution in [0.3, 0.4) is 0 Å². The van der Waals surface area contributed by atoms with Gasteiger partial charge in [-0.25, -0.2) is 8.42 Å². The molecule has 0 amide bonds. The standard InChI is InChI=1S/C12H17NO3S/c1-17(14,15)7-6-13-9-11-8-10-4-2-3-5-12(10)16-11/h2-5,11,13H,6-9H2,1H3. The maximum atomic E-state index is 10.9. The van der Waals surface area contributed by atoms with Crippen LogP contribution in [0.15, 0.2) is 24.3 Å². The maximum absolute atomic E-state index is 10.9. The summed E-state index contributed by atoms with van der Waals surface area (Å²) in [6, 6.07) is 7.98. The van der Waals surface area contributed by atoms with Crippen LogP contribution in [-0.4, -0.2) is 39.6 Å². The lowest BCUT2D eigenvalue weighted by Gasteiger charge is -2.11. The van der Waals surface area contributed by atoms with Gasteiger partial charge in [-0.3, -0.25) is 0 Å². The van der Waals surface area contributed by atoms with Crippen molar-refractivity contribution < 1.29 is 13.2 Å². The lowest BCUT2D eigenvalue weighted by Crippen LogP contribution is -2.33. The molecular weight excluding hydrogens is 238 g/mol. The minimum Gasteiger partial charge on any atom is -0.488 e. The first-order valence-electron chi connectivity index (χ1n) is 5.67. The van der Waals surface area contributed by atoms with Gasteiger partial charge in [0.15, 0.2) is 0 Å². The Morgan fingerprint density at radius 2 is 2.18 bits per heavy atom. The SMILES string of the molecule is CS(=O)(=O)CCNCC1Cc2ccccc2O1. The van der Waals surface area contributed by atoms with Gasteiger partial charge in [-0.1, -0.05) is 18.2 Å². The number of hydrogen-bond donors (Lipinski definition) is 1. The molecule has 0 radical (unpaired) electrons. The molecule has 5 heteroatoms. The Balaban J connectivity index is 1.74. The lowest BCUT2D eigenvalue weighted by atomic mass is 10.1. The molecule has 0 spiro atoms. The topological polar surface area (TPSA) is 55.4 Å². The van der Waals surface area contributed by atoms with Crippen molar-refractivity contribution >= 4 is 9.84 Å². The molecule has 0 saturated heterocycles. The summed E-state index contributed by atoms with van der Waals surface area (Å²) >= 11 is 0. The smallest absolute Gasteiger partial charge is 0.148 e. The van der Waals surface area contributed by atoms with Crippen molar-refractivity contribution in [1.29, 1.82) is 0 Å².